The Kier molecular flexibility index (Phi) is 4.52. The second-order valence-corrected chi connectivity index (χ2v) is 6.36. The van der Waals surface area contributed by atoms with Gasteiger partial charge in [-0.25, -0.2) is 4.98 Å². The van der Waals surface area contributed by atoms with Crippen molar-refractivity contribution in [2.45, 2.75) is 0 Å². The van der Waals surface area contributed by atoms with Crippen LogP contribution in [0, 0.1) is 0 Å². The zero-order valence-electron chi connectivity index (χ0n) is 14.5. The van der Waals surface area contributed by atoms with Gasteiger partial charge in [-0.2, -0.15) is 0 Å². The molecule has 2 aromatic heterocycles. The number of anilines is 1. The third kappa shape index (κ3) is 3.37. The molecule has 1 amide bonds. The lowest BCUT2D eigenvalue weighted by molar-refractivity contribution is 0.102. The Morgan fingerprint density at radius 3 is 2.48 bits per heavy atom. The minimum Gasteiger partial charge on any atom is -0.497 e. The third-order valence-electron chi connectivity index (χ3n) is 4.23. The number of fused-ring (bicyclic) bond motifs is 1. The van der Waals surface area contributed by atoms with E-state index in [2.05, 4.69) is 10.3 Å². The zero-order valence-corrected chi connectivity index (χ0v) is 15.3. The SMILES string of the molecule is COc1ccc(-c2nc3ccccn3c2NC(=O)c2ccc(Cl)cc2)cc1. The maximum absolute atomic E-state index is 12.7. The van der Waals surface area contributed by atoms with Crippen LogP contribution in [0.2, 0.25) is 5.02 Å². The third-order valence-corrected chi connectivity index (χ3v) is 4.48. The van der Waals surface area contributed by atoms with E-state index in [4.69, 9.17) is 16.3 Å². The van der Waals surface area contributed by atoms with Crippen LogP contribution in [0.15, 0.2) is 72.9 Å². The Morgan fingerprint density at radius 2 is 1.78 bits per heavy atom. The Balaban J connectivity index is 1.78. The molecular weight excluding hydrogens is 362 g/mol. The molecule has 0 atom stereocenters. The fourth-order valence-electron chi connectivity index (χ4n) is 2.85. The molecule has 0 bridgehead atoms. The van der Waals surface area contributed by atoms with E-state index in [1.54, 1.807) is 31.4 Å². The van der Waals surface area contributed by atoms with Crippen molar-refractivity contribution in [2.75, 3.05) is 12.4 Å². The number of benzene rings is 2. The van der Waals surface area contributed by atoms with Crippen LogP contribution in [0.3, 0.4) is 0 Å². The Bertz CT molecular complexity index is 1100. The van der Waals surface area contributed by atoms with Crippen LogP contribution in [0.1, 0.15) is 10.4 Å². The smallest absolute Gasteiger partial charge is 0.256 e. The van der Waals surface area contributed by atoms with E-state index in [1.807, 2.05) is 53.1 Å². The maximum Gasteiger partial charge on any atom is 0.256 e. The highest BCUT2D eigenvalue weighted by molar-refractivity contribution is 6.30. The van der Waals surface area contributed by atoms with E-state index < -0.39 is 0 Å². The van der Waals surface area contributed by atoms with E-state index in [0.717, 1.165) is 17.0 Å². The number of carbonyl (C=O) groups is 1. The summed E-state index contributed by atoms with van der Waals surface area (Å²) in [6.07, 6.45) is 1.87. The summed E-state index contributed by atoms with van der Waals surface area (Å²) >= 11 is 5.91. The molecule has 134 valence electrons. The molecule has 6 heteroatoms. The number of hydrogen-bond acceptors (Lipinski definition) is 3. The number of pyridine rings is 1. The lowest BCUT2D eigenvalue weighted by atomic mass is 10.1. The van der Waals surface area contributed by atoms with Gasteiger partial charge in [0.25, 0.3) is 5.91 Å². The van der Waals surface area contributed by atoms with Crippen LogP contribution < -0.4 is 10.1 Å². The van der Waals surface area contributed by atoms with Crippen molar-refractivity contribution >= 4 is 29.0 Å². The summed E-state index contributed by atoms with van der Waals surface area (Å²) in [5.41, 5.74) is 2.83. The molecule has 4 aromatic rings. The number of carbonyl (C=O) groups excluding carboxylic acids is 1. The van der Waals surface area contributed by atoms with Gasteiger partial charge >= 0.3 is 0 Å². The molecule has 4 rings (SSSR count). The molecule has 0 spiro atoms. The van der Waals surface area contributed by atoms with E-state index in [0.29, 0.717) is 22.1 Å². The van der Waals surface area contributed by atoms with Crippen molar-refractivity contribution in [3.8, 4) is 17.0 Å². The number of hydrogen-bond donors (Lipinski definition) is 1. The highest BCUT2D eigenvalue weighted by Crippen LogP contribution is 2.30. The van der Waals surface area contributed by atoms with Crippen LogP contribution in [0.25, 0.3) is 16.9 Å². The van der Waals surface area contributed by atoms with Crippen molar-refractivity contribution in [1.29, 1.82) is 0 Å². The second-order valence-electron chi connectivity index (χ2n) is 5.93. The van der Waals surface area contributed by atoms with Gasteiger partial charge < -0.3 is 10.1 Å². The molecular formula is C21H16ClN3O2. The summed E-state index contributed by atoms with van der Waals surface area (Å²) in [6.45, 7) is 0. The topological polar surface area (TPSA) is 55.6 Å². The lowest BCUT2D eigenvalue weighted by Gasteiger charge is -2.08. The first-order valence-corrected chi connectivity index (χ1v) is 8.72. The van der Waals surface area contributed by atoms with Crippen molar-refractivity contribution in [3.63, 3.8) is 0 Å². The van der Waals surface area contributed by atoms with Crippen molar-refractivity contribution in [2.24, 2.45) is 0 Å². The summed E-state index contributed by atoms with van der Waals surface area (Å²) < 4.78 is 7.07. The molecule has 0 aliphatic rings. The molecule has 0 saturated heterocycles. The standard InChI is InChI=1S/C21H16ClN3O2/c1-27-17-11-7-14(8-12-17)19-20(25-13-3-2-4-18(25)23-19)24-21(26)15-5-9-16(22)10-6-15/h2-13H,1H3,(H,24,26). The Morgan fingerprint density at radius 1 is 1.04 bits per heavy atom. The first-order valence-electron chi connectivity index (χ1n) is 8.34. The molecule has 0 aliphatic carbocycles. The summed E-state index contributed by atoms with van der Waals surface area (Å²) in [5, 5.41) is 3.57. The normalized spacial score (nSPS) is 10.7. The molecule has 5 nitrogen and oxygen atoms in total. The summed E-state index contributed by atoms with van der Waals surface area (Å²) in [6, 6.07) is 20.0. The molecule has 0 radical (unpaired) electrons. The van der Waals surface area contributed by atoms with Crippen molar-refractivity contribution in [1.82, 2.24) is 9.38 Å². The van der Waals surface area contributed by atoms with Crippen molar-refractivity contribution < 1.29 is 9.53 Å². The minimum absolute atomic E-state index is 0.230. The van der Waals surface area contributed by atoms with Gasteiger partial charge in [0.05, 0.1) is 7.11 Å². The largest absolute Gasteiger partial charge is 0.497 e. The van der Waals surface area contributed by atoms with Gasteiger partial charge in [0, 0.05) is 22.3 Å². The van der Waals surface area contributed by atoms with E-state index in [1.165, 1.54) is 0 Å². The predicted molar refractivity (Wildman–Crippen MR) is 107 cm³/mol. The molecule has 0 saturated carbocycles. The fourth-order valence-corrected chi connectivity index (χ4v) is 2.97. The fraction of sp³-hybridized carbons (Fsp3) is 0.0476. The molecule has 0 aliphatic heterocycles. The van der Waals surface area contributed by atoms with E-state index in [9.17, 15) is 4.79 Å². The van der Waals surface area contributed by atoms with E-state index in [-0.39, 0.29) is 5.91 Å². The van der Waals surface area contributed by atoms with Gasteiger partial charge in [0.2, 0.25) is 0 Å². The number of rotatable bonds is 4. The second kappa shape index (κ2) is 7.13. The number of nitrogens with one attached hydrogen (secondary N) is 1. The number of amides is 1. The maximum atomic E-state index is 12.7. The first kappa shape index (κ1) is 17.1. The van der Waals surface area contributed by atoms with Gasteiger partial charge in [-0.15, -0.1) is 0 Å². The van der Waals surface area contributed by atoms with Crippen LogP contribution in [0.5, 0.6) is 5.75 Å². The number of nitrogens with zero attached hydrogens (tertiary/aromatic N) is 2. The average Bonchev–Trinajstić information content (AvgIpc) is 3.07. The number of imidazole rings is 1. The summed E-state index contributed by atoms with van der Waals surface area (Å²) in [4.78, 5) is 17.4. The minimum atomic E-state index is -0.230. The highest BCUT2D eigenvalue weighted by atomic mass is 35.5. The zero-order chi connectivity index (χ0) is 18.8. The molecule has 0 unspecified atom stereocenters. The highest BCUT2D eigenvalue weighted by Gasteiger charge is 2.17. The number of halogens is 1. The van der Waals surface area contributed by atoms with Crippen LogP contribution in [-0.2, 0) is 0 Å². The summed E-state index contributed by atoms with van der Waals surface area (Å²) in [5.74, 6) is 1.14. The Hall–Kier alpha value is -3.31. The van der Waals surface area contributed by atoms with E-state index >= 15 is 0 Å². The number of ether oxygens (including phenoxy) is 1. The van der Waals surface area contributed by atoms with Gasteiger partial charge in [-0.05, 0) is 60.7 Å². The van der Waals surface area contributed by atoms with Gasteiger partial charge in [0.15, 0.2) is 0 Å². The lowest BCUT2D eigenvalue weighted by Crippen LogP contribution is -2.14. The van der Waals surface area contributed by atoms with Crippen molar-refractivity contribution in [3.05, 3.63) is 83.5 Å². The quantitative estimate of drug-likeness (QED) is 0.549. The van der Waals surface area contributed by atoms with Gasteiger partial charge in [-0.1, -0.05) is 17.7 Å². The van der Waals surface area contributed by atoms with Crippen LogP contribution >= 0.6 is 11.6 Å². The average molecular weight is 378 g/mol. The monoisotopic (exact) mass is 377 g/mol. The first-order chi connectivity index (χ1) is 13.2. The Labute approximate surface area is 161 Å². The molecule has 0 fully saturated rings. The number of aromatic nitrogens is 2. The molecule has 2 heterocycles. The number of methoxy groups -OCH3 is 1. The molecule has 1 N–H and O–H groups in total. The van der Waals surface area contributed by atoms with Gasteiger partial charge in [-0.3, -0.25) is 9.20 Å². The van der Waals surface area contributed by atoms with Crippen LogP contribution in [0.4, 0.5) is 5.82 Å². The predicted octanol–water partition coefficient (Wildman–Crippen LogP) is 4.92. The molecule has 2 aromatic carbocycles. The van der Waals surface area contributed by atoms with Crippen LogP contribution in [-0.4, -0.2) is 22.4 Å². The summed E-state index contributed by atoms with van der Waals surface area (Å²) in [7, 11) is 1.62. The molecule has 27 heavy (non-hydrogen) atoms. The van der Waals surface area contributed by atoms with Gasteiger partial charge in [0.1, 0.15) is 22.9 Å².